The lowest BCUT2D eigenvalue weighted by Crippen LogP contribution is -2.08. The van der Waals surface area contributed by atoms with Crippen molar-refractivity contribution in [2.24, 2.45) is 0 Å². The van der Waals surface area contributed by atoms with Crippen LogP contribution < -0.4 is 4.74 Å². The van der Waals surface area contributed by atoms with E-state index in [4.69, 9.17) is 14.2 Å². The number of carbonyl (C=O) groups is 1. The van der Waals surface area contributed by atoms with Gasteiger partial charge < -0.3 is 14.2 Å². The molecule has 4 heteroatoms. The molecule has 0 saturated heterocycles. The van der Waals surface area contributed by atoms with Crippen LogP contribution in [0.25, 0.3) is 0 Å². The molecule has 0 aliphatic rings. The van der Waals surface area contributed by atoms with Gasteiger partial charge in [-0.2, -0.15) is 0 Å². The lowest BCUT2D eigenvalue weighted by molar-refractivity contribution is 0.0452. The van der Waals surface area contributed by atoms with Gasteiger partial charge in [-0.1, -0.05) is 12.7 Å². The first kappa shape index (κ1) is 15.2. The zero-order valence-corrected chi connectivity index (χ0v) is 11.3. The monoisotopic (exact) mass is 264 g/mol. The molecule has 0 spiro atoms. The summed E-state index contributed by atoms with van der Waals surface area (Å²) in [7, 11) is 0. The molecular weight excluding hydrogens is 244 g/mol. The minimum atomic E-state index is -0.327. The highest BCUT2D eigenvalue weighted by Crippen LogP contribution is 2.13. The summed E-state index contributed by atoms with van der Waals surface area (Å²) in [6, 6.07) is 6.84. The molecule has 1 rings (SSSR count). The summed E-state index contributed by atoms with van der Waals surface area (Å²) in [5.74, 6) is 0.375. The van der Waals surface area contributed by atoms with Crippen molar-refractivity contribution in [2.75, 3.05) is 26.4 Å². The Morgan fingerprint density at radius 1 is 1.26 bits per heavy atom. The van der Waals surface area contributed by atoms with E-state index in [1.54, 1.807) is 30.3 Å². The second kappa shape index (κ2) is 9.16. The van der Waals surface area contributed by atoms with Crippen molar-refractivity contribution >= 4 is 5.97 Å². The summed E-state index contributed by atoms with van der Waals surface area (Å²) in [6.07, 6.45) is 2.38. The summed E-state index contributed by atoms with van der Waals surface area (Å²) in [5, 5.41) is 0. The second-order valence-corrected chi connectivity index (χ2v) is 3.81. The summed E-state index contributed by atoms with van der Waals surface area (Å²) in [5.41, 5.74) is 0.516. The van der Waals surface area contributed by atoms with Crippen molar-refractivity contribution in [3.8, 4) is 5.75 Å². The van der Waals surface area contributed by atoms with Crippen LogP contribution in [0.5, 0.6) is 5.75 Å². The van der Waals surface area contributed by atoms with Crippen molar-refractivity contribution in [2.45, 2.75) is 13.3 Å². The molecule has 0 fully saturated rings. The maximum atomic E-state index is 11.7. The first-order valence-corrected chi connectivity index (χ1v) is 6.36. The fraction of sp³-hybridized carbons (Fsp3) is 0.400. The molecular formula is C15H20O4. The summed E-state index contributed by atoms with van der Waals surface area (Å²) in [4.78, 5) is 11.7. The molecule has 0 aromatic heterocycles. The smallest absolute Gasteiger partial charge is 0.338 e. The van der Waals surface area contributed by atoms with E-state index in [1.165, 1.54) is 0 Å². The minimum absolute atomic E-state index is 0.327. The Hall–Kier alpha value is -1.81. The van der Waals surface area contributed by atoms with Crippen LogP contribution in [-0.2, 0) is 9.47 Å². The third kappa shape index (κ3) is 6.06. The highest BCUT2D eigenvalue weighted by atomic mass is 16.5. The second-order valence-electron chi connectivity index (χ2n) is 3.81. The minimum Gasteiger partial charge on any atom is -0.490 e. The Morgan fingerprint density at radius 2 is 2.00 bits per heavy atom. The zero-order valence-electron chi connectivity index (χ0n) is 11.3. The van der Waals surface area contributed by atoms with Gasteiger partial charge in [-0.25, -0.2) is 4.79 Å². The highest BCUT2D eigenvalue weighted by molar-refractivity contribution is 5.89. The Kier molecular flexibility index (Phi) is 7.35. The Bertz CT molecular complexity index is 384. The number of hydrogen-bond donors (Lipinski definition) is 0. The Labute approximate surface area is 114 Å². The van der Waals surface area contributed by atoms with Crippen LogP contribution in [0.15, 0.2) is 36.9 Å². The SMILES string of the molecule is C=CCOc1ccc(C(=O)OCCCOCC)cc1. The van der Waals surface area contributed by atoms with Gasteiger partial charge in [0.1, 0.15) is 12.4 Å². The number of rotatable bonds is 9. The van der Waals surface area contributed by atoms with E-state index in [2.05, 4.69) is 6.58 Å². The van der Waals surface area contributed by atoms with E-state index in [-0.39, 0.29) is 5.97 Å². The molecule has 0 unspecified atom stereocenters. The molecule has 0 radical (unpaired) electrons. The number of carbonyl (C=O) groups excluding carboxylic acids is 1. The topological polar surface area (TPSA) is 44.8 Å². The fourth-order valence-electron chi connectivity index (χ4n) is 1.40. The molecule has 0 N–H and O–H groups in total. The number of ether oxygens (including phenoxy) is 3. The standard InChI is InChI=1S/C15H20O4/c1-3-10-18-14-8-6-13(7-9-14)15(16)19-12-5-11-17-4-2/h3,6-9H,1,4-5,10-12H2,2H3. The maximum absolute atomic E-state index is 11.7. The third-order valence-corrected chi connectivity index (χ3v) is 2.33. The molecule has 0 heterocycles. The van der Waals surface area contributed by atoms with Crippen LogP contribution in [0.4, 0.5) is 0 Å². The average Bonchev–Trinajstić information content (AvgIpc) is 2.45. The van der Waals surface area contributed by atoms with Crippen molar-refractivity contribution in [1.29, 1.82) is 0 Å². The quantitative estimate of drug-likeness (QED) is 0.391. The van der Waals surface area contributed by atoms with Crippen LogP contribution in [0.2, 0.25) is 0 Å². The first-order valence-electron chi connectivity index (χ1n) is 6.36. The molecule has 4 nitrogen and oxygen atoms in total. The van der Waals surface area contributed by atoms with Crippen LogP contribution in [0.3, 0.4) is 0 Å². The number of esters is 1. The van der Waals surface area contributed by atoms with Gasteiger partial charge >= 0.3 is 5.97 Å². The van der Waals surface area contributed by atoms with Crippen molar-refractivity contribution in [3.63, 3.8) is 0 Å². The molecule has 0 bridgehead atoms. The molecule has 0 aliphatic carbocycles. The van der Waals surface area contributed by atoms with Gasteiger partial charge in [0, 0.05) is 19.6 Å². The van der Waals surface area contributed by atoms with Gasteiger partial charge in [0.05, 0.1) is 12.2 Å². The number of benzene rings is 1. The van der Waals surface area contributed by atoms with Gasteiger partial charge in [-0.15, -0.1) is 0 Å². The van der Waals surface area contributed by atoms with Crippen LogP contribution >= 0.6 is 0 Å². The van der Waals surface area contributed by atoms with Gasteiger partial charge in [0.15, 0.2) is 0 Å². The summed E-state index contributed by atoms with van der Waals surface area (Å²) >= 11 is 0. The van der Waals surface area contributed by atoms with E-state index in [0.29, 0.717) is 44.2 Å². The van der Waals surface area contributed by atoms with E-state index in [1.807, 2.05) is 6.92 Å². The Morgan fingerprint density at radius 3 is 2.63 bits per heavy atom. The predicted molar refractivity (Wildman–Crippen MR) is 73.5 cm³/mol. The zero-order chi connectivity index (χ0) is 13.9. The maximum Gasteiger partial charge on any atom is 0.338 e. The van der Waals surface area contributed by atoms with E-state index in [0.717, 1.165) is 0 Å². The van der Waals surface area contributed by atoms with Crippen LogP contribution in [-0.4, -0.2) is 32.4 Å². The lowest BCUT2D eigenvalue weighted by atomic mass is 10.2. The van der Waals surface area contributed by atoms with Crippen molar-refractivity contribution in [1.82, 2.24) is 0 Å². The largest absolute Gasteiger partial charge is 0.490 e. The molecule has 19 heavy (non-hydrogen) atoms. The van der Waals surface area contributed by atoms with Crippen LogP contribution in [0.1, 0.15) is 23.7 Å². The Balaban J connectivity index is 2.33. The molecule has 0 amide bonds. The number of hydrogen-bond acceptors (Lipinski definition) is 4. The van der Waals surface area contributed by atoms with Crippen molar-refractivity contribution in [3.05, 3.63) is 42.5 Å². The van der Waals surface area contributed by atoms with Gasteiger partial charge in [-0.05, 0) is 31.2 Å². The van der Waals surface area contributed by atoms with Gasteiger partial charge in [-0.3, -0.25) is 0 Å². The molecule has 104 valence electrons. The molecule has 0 saturated carbocycles. The van der Waals surface area contributed by atoms with E-state index in [9.17, 15) is 4.79 Å². The fourth-order valence-corrected chi connectivity index (χ4v) is 1.40. The van der Waals surface area contributed by atoms with Gasteiger partial charge in [0.25, 0.3) is 0 Å². The molecule has 0 aliphatic heterocycles. The van der Waals surface area contributed by atoms with E-state index < -0.39 is 0 Å². The summed E-state index contributed by atoms with van der Waals surface area (Å²) in [6.45, 7) is 7.60. The van der Waals surface area contributed by atoms with Crippen LogP contribution in [0, 0.1) is 0 Å². The molecule has 0 atom stereocenters. The molecule has 1 aromatic carbocycles. The lowest BCUT2D eigenvalue weighted by Gasteiger charge is -2.06. The average molecular weight is 264 g/mol. The van der Waals surface area contributed by atoms with Crippen molar-refractivity contribution < 1.29 is 19.0 Å². The highest BCUT2D eigenvalue weighted by Gasteiger charge is 2.06. The molecule has 1 aromatic rings. The normalized spacial score (nSPS) is 9.95. The first-order chi connectivity index (χ1) is 9.27. The van der Waals surface area contributed by atoms with Gasteiger partial charge in [0.2, 0.25) is 0 Å². The predicted octanol–water partition coefficient (Wildman–Crippen LogP) is 2.83. The van der Waals surface area contributed by atoms with E-state index >= 15 is 0 Å². The third-order valence-electron chi connectivity index (χ3n) is 2.33. The summed E-state index contributed by atoms with van der Waals surface area (Å²) < 4.78 is 15.6.